The van der Waals surface area contributed by atoms with E-state index >= 15 is 0 Å². The zero-order chi connectivity index (χ0) is 14.5. The normalized spacial score (nSPS) is 12.0. The van der Waals surface area contributed by atoms with E-state index in [1.165, 1.54) is 12.1 Å². The highest BCUT2D eigenvalue weighted by Crippen LogP contribution is 2.29. The molecule has 0 aliphatic heterocycles. The third kappa shape index (κ3) is 3.49. The Morgan fingerprint density at radius 1 is 1.25 bits per heavy atom. The highest BCUT2D eigenvalue weighted by atomic mass is 79.9. The molecule has 2 aromatic carbocycles. The van der Waals surface area contributed by atoms with Crippen molar-refractivity contribution < 1.29 is 9.13 Å². The average Bonchev–Trinajstić information content (AvgIpc) is 2.46. The maximum absolute atomic E-state index is 12.9. The minimum absolute atomic E-state index is 0.0531. The predicted molar refractivity (Wildman–Crippen MR) is 82.5 cm³/mol. The summed E-state index contributed by atoms with van der Waals surface area (Å²) in [5.74, 6) is 0.512. The molecule has 0 spiro atoms. The van der Waals surface area contributed by atoms with E-state index in [1.807, 2.05) is 18.2 Å². The van der Waals surface area contributed by atoms with Crippen LogP contribution in [0.25, 0.3) is 0 Å². The van der Waals surface area contributed by atoms with Crippen LogP contribution in [0.4, 0.5) is 10.1 Å². The van der Waals surface area contributed by atoms with Gasteiger partial charge in [0, 0.05) is 12.2 Å². The lowest BCUT2D eigenvalue weighted by molar-refractivity contribution is 0.412. The van der Waals surface area contributed by atoms with Crippen LogP contribution in [-0.2, 0) is 0 Å². The summed E-state index contributed by atoms with van der Waals surface area (Å²) in [6.07, 6.45) is 0. The van der Waals surface area contributed by atoms with Gasteiger partial charge in [-0.25, -0.2) is 4.39 Å². The van der Waals surface area contributed by atoms with Crippen molar-refractivity contribution in [3.8, 4) is 5.75 Å². The number of rotatable bonds is 5. The first-order valence-corrected chi connectivity index (χ1v) is 6.99. The molecule has 3 N–H and O–H groups in total. The quantitative estimate of drug-likeness (QED) is 0.873. The maximum atomic E-state index is 12.9. The van der Waals surface area contributed by atoms with E-state index in [-0.39, 0.29) is 11.9 Å². The van der Waals surface area contributed by atoms with Gasteiger partial charge in [0.15, 0.2) is 0 Å². The summed E-state index contributed by atoms with van der Waals surface area (Å²) in [7, 11) is 1.62. The standard InChI is InChI=1S/C15H16BrFN2O/c1-20-15-7-2-10(8-13(15)16)14(9-18)19-12-5-3-11(17)4-6-12/h2-8,14,19H,9,18H2,1H3. The van der Waals surface area contributed by atoms with Crippen molar-refractivity contribution >= 4 is 21.6 Å². The summed E-state index contributed by atoms with van der Waals surface area (Å²) >= 11 is 3.46. The van der Waals surface area contributed by atoms with Crippen molar-refractivity contribution in [1.29, 1.82) is 0 Å². The number of nitrogens with one attached hydrogen (secondary N) is 1. The van der Waals surface area contributed by atoms with Gasteiger partial charge < -0.3 is 15.8 Å². The summed E-state index contributed by atoms with van der Waals surface area (Å²) in [4.78, 5) is 0. The number of hydrogen-bond acceptors (Lipinski definition) is 3. The van der Waals surface area contributed by atoms with Crippen LogP contribution in [0.2, 0.25) is 0 Å². The number of anilines is 1. The van der Waals surface area contributed by atoms with Gasteiger partial charge in [0.2, 0.25) is 0 Å². The molecule has 0 aliphatic carbocycles. The summed E-state index contributed by atoms with van der Waals surface area (Å²) in [5, 5.41) is 3.28. The SMILES string of the molecule is COc1ccc(C(CN)Nc2ccc(F)cc2)cc1Br. The fraction of sp³-hybridized carbons (Fsp3) is 0.200. The summed E-state index contributed by atoms with van der Waals surface area (Å²) < 4.78 is 19.0. The zero-order valence-electron chi connectivity index (χ0n) is 11.1. The lowest BCUT2D eigenvalue weighted by Crippen LogP contribution is -2.20. The smallest absolute Gasteiger partial charge is 0.133 e. The van der Waals surface area contributed by atoms with E-state index in [1.54, 1.807) is 19.2 Å². The Hall–Kier alpha value is -1.59. The topological polar surface area (TPSA) is 47.3 Å². The molecular formula is C15H16BrFN2O. The molecule has 106 valence electrons. The fourth-order valence-electron chi connectivity index (χ4n) is 1.93. The molecule has 0 fully saturated rings. The van der Waals surface area contributed by atoms with Gasteiger partial charge in [-0.1, -0.05) is 6.07 Å². The molecule has 1 atom stereocenters. The van der Waals surface area contributed by atoms with E-state index in [0.717, 1.165) is 21.5 Å². The number of hydrogen-bond donors (Lipinski definition) is 2. The number of methoxy groups -OCH3 is 1. The minimum Gasteiger partial charge on any atom is -0.496 e. The molecule has 1 unspecified atom stereocenters. The van der Waals surface area contributed by atoms with E-state index in [9.17, 15) is 4.39 Å². The molecule has 0 aromatic heterocycles. The second kappa shape index (κ2) is 6.72. The Morgan fingerprint density at radius 2 is 1.95 bits per heavy atom. The molecule has 0 saturated heterocycles. The zero-order valence-corrected chi connectivity index (χ0v) is 12.7. The van der Waals surface area contributed by atoms with Crippen molar-refractivity contribution in [2.45, 2.75) is 6.04 Å². The summed E-state index contributed by atoms with van der Waals surface area (Å²) in [6.45, 7) is 0.427. The van der Waals surface area contributed by atoms with Crippen molar-refractivity contribution in [3.63, 3.8) is 0 Å². The molecule has 0 bridgehead atoms. The van der Waals surface area contributed by atoms with Gasteiger partial charge in [0.25, 0.3) is 0 Å². The van der Waals surface area contributed by atoms with E-state index < -0.39 is 0 Å². The highest BCUT2D eigenvalue weighted by molar-refractivity contribution is 9.10. The Labute approximate surface area is 126 Å². The van der Waals surface area contributed by atoms with Gasteiger partial charge in [-0.05, 0) is 57.9 Å². The van der Waals surface area contributed by atoms with Crippen LogP contribution < -0.4 is 15.8 Å². The van der Waals surface area contributed by atoms with Crippen LogP contribution in [0, 0.1) is 5.82 Å². The van der Waals surface area contributed by atoms with Crippen LogP contribution in [0.5, 0.6) is 5.75 Å². The molecule has 3 nitrogen and oxygen atoms in total. The molecule has 20 heavy (non-hydrogen) atoms. The van der Waals surface area contributed by atoms with Crippen molar-refractivity contribution in [2.75, 3.05) is 19.0 Å². The van der Waals surface area contributed by atoms with Crippen LogP contribution >= 0.6 is 15.9 Å². The van der Waals surface area contributed by atoms with Gasteiger partial charge in [-0.3, -0.25) is 0 Å². The Bertz CT molecular complexity index is 575. The molecule has 2 rings (SSSR count). The van der Waals surface area contributed by atoms with Crippen LogP contribution in [0.1, 0.15) is 11.6 Å². The Balaban J connectivity index is 2.19. The first kappa shape index (κ1) is 14.8. The van der Waals surface area contributed by atoms with Gasteiger partial charge in [-0.15, -0.1) is 0 Å². The lowest BCUT2D eigenvalue weighted by atomic mass is 10.1. The second-order valence-corrected chi connectivity index (χ2v) is 5.19. The van der Waals surface area contributed by atoms with Crippen LogP contribution in [-0.4, -0.2) is 13.7 Å². The third-order valence-electron chi connectivity index (χ3n) is 3.00. The van der Waals surface area contributed by atoms with Crippen molar-refractivity contribution in [2.24, 2.45) is 5.73 Å². The molecule has 0 aliphatic rings. The largest absolute Gasteiger partial charge is 0.496 e. The predicted octanol–water partition coefficient (Wildman–Crippen LogP) is 3.71. The molecule has 0 amide bonds. The summed E-state index contributed by atoms with van der Waals surface area (Å²) in [6, 6.07) is 12.0. The Morgan fingerprint density at radius 3 is 2.50 bits per heavy atom. The summed E-state index contributed by atoms with van der Waals surface area (Å²) in [5.41, 5.74) is 7.68. The van der Waals surface area contributed by atoms with Gasteiger partial charge >= 0.3 is 0 Å². The molecule has 5 heteroatoms. The number of ether oxygens (including phenoxy) is 1. The molecular weight excluding hydrogens is 323 g/mol. The van der Waals surface area contributed by atoms with Crippen molar-refractivity contribution in [3.05, 3.63) is 58.3 Å². The van der Waals surface area contributed by atoms with Gasteiger partial charge in [0.1, 0.15) is 11.6 Å². The highest BCUT2D eigenvalue weighted by Gasteiger charge is 2.11. The van der Waals surface area contributed by atoms with E-state index in [2.05, 4.69) is 21.2 Å². The maximum Gasteiger partial charge on any atom is 0.133 e. The number of halogens is 2. The lowest BCUT2D eigenvalue weighted by Gasteiger charge is -2.19. The minimum atomic E-state index is -0.257. The fourth-order valence-corrected chi connectivity index (χ4v) is 2.48. The number of benzene rings is 2. The molecule has 0 saturated carbocycles. The van der Waals surface area contributed by atoms with Gasteiger partial charge in [-0.2, -0.15) is 0 Å². The van der Waals surface area contributed by atoms with E-state index in [4.69, 9.17) is 10.5 Å². The number of nitrogens with two attached hydrogens (primary N) is 1. The van der Waals surface area contributed by atoms with Crippen LogP contribution in [0.3, 0.4) is 0 Å². The van der Waals surface area contributed by atoms with Gasteiger partial charge in [0.05, 0.1) is 17.6 Å². The van der Waals surface area contributed by atoms with Crippen LogP contribution in [0.15, 0.2) is 46.9 Å². The second-order valence-electron chi connectivity index (χ2n) is 4.33. The van der Waals surface area contributed by atoms with E-state index in [0.29, 0.717) is 6.54 Å². The molecule has 0 heterocycles. The van der Waals surface area contributed by atoms with Crippen molar-refractivity contribution in [1.82, 2.24) is 0 Å². The Kier molecular flexibility index (Phi) is 4.98. The molecule has 2 aromatic rings. The first-order chi connectivity index (χ1) is 9.63. The third-order valence-corrected chi connectivity index (χ3v) is 3.62. The molecule has 0 radical (unpaired) electrons. The monoisotopic (exact) mass is 338 g/mol. The average molecular weight is 339 g/mol. The first-order valence-electron chi connectivity index (χ1n) is 6.19.